The predicted octanol–water partition coefficient (Wildman–Crippen LogP) is 1.90. The van der Waals surface area contributed by atoms with Crippen LogP contribution in [0.25, 0.3) is 0 Å². The number of benzene rings is 1. The minimum absolute atomic E-state index is 0.282. The molecule has 0 spiro atoms. The van der Waals surface area contributed by atoms with Gasteiger partial charge in [-0.25, -0.2) is 15.2 Å². The maximum Gasteiger partial charge on any atom is 0.410 e. The normalized spacial score (nSPS) is 16.0. The molecule has 2 rings (SSSR count). The molecule has 1 unspecified atom stereocenters. The number of carbonyl (C=O) groups excluding carboxylic acids is 1. The van der Waals surface area contributed by atoms with Gasteiger partial charge in [0.2, 0.25) is 5.75 Å². The first-order valence-corrected chi connectivity index (χ1v) is 9.62. The van der Waals surface area contributed by atoms with Gasteiger partial charge in [0.15, 0.2) is 11.5 Å². The molecule has 30 heavy (non-hydrogen) atoms. The topological polar surface area (TPSA) is 110 Å². The Morgan fingerprint density at radius 3 is 2.07 bits per heavy atom. The lowest BCUT2D eigenvalue weighted by molar-refractivity contribution is -0.141. The highest BCUT2D eigenvalue weighted by Gasteiger charge is 2.31. The molecule has 168 valence electrons. The molecule has 1 aromatic rings. The zero-order chi connectivity index (χ0) is 22.5. The van der Waals surface area contributed by atoms with E-state index >= 15 is 0 Å². The molecule has 0 bridgehead atoms. The molecule has 1 amide bonds. The quantitative estimate of drug-likeness (QED) is 0.677. The summed E-state index contributed by atoms with van der Waals surface area (Å²) in [4.78, 5) is 25.8. The molecule has 1 fully saturated rings. The maximum atomic E-state index is 12.2. The standard InChI is InChI=1S/C20H31N3O7/c1-20(2,3)30-19(26)22-9-11-23(12-10-22)21-15(18(24)25)13-7-8-14(27-4)17(29-6)16(13)28-5/h7-8,15,21H,9-12H2,1-6H3,(H,24,25). The zero-order valence-electron chi connectivity index (χ0n) is 18.4. The van der Waals surface area contributed by atoms with E-state index in [1.807, 2.05) is 20.8 Å². The molecule has 0 aromatic heterocycles. The highest BCUT2D eigenvalue weighted by atomic mass is 16.6. The average Bonchev–Trinajstić information content (AvgIpc) is 2.69. The van der Waals surface area contributed by atoms with Gasteiger partial charge in [0, 0.05) is 31.7 Å². The second-order valence-corrected chi connectivity index (χ2v) is 7.78. The van der Waals surface area contributed by atoms with E-state index in [1.165, 1.54) is 21.3 Å². The Morgan fingerprint density at radius 2 is 1.60 bits per heavy atom. The summed E-state index contributed by atoms with van der Waals surface area (Å²) in [6.45, 7) is 7.16. The Morgan fingerprint density at radius 1 is 1.00 bits per heavy atom. The van der Waals surface area contributed by atoms with Crippen LogP contribution in [0.5, 0.6) is 17.2 Å². The highest BCUT2D eigenvalue weighted by Crippen LogP contribution is 2.42. The van der Waals surface area contributed by atoms with E-state index in [1.54, 1.807) is 22.0 Å². The molecule has 1 aromatic carbocycles. The van der Waals surface area contributed by atoms with Crippen LogP contribution in [0.1, 0.15) is 32.4 Å². The number of hydrogen-bond acceptors (Lipinski definition) is 8. The van der Waals surface area contributed by atoms with E-state index in [-0.39, 0.29) is 11.8 Å². The molecule has 0 radical (unpaired) electrons. The first kappa shape index (κ1) is 23.6. The fourth-order valence-corrected chi connectivity index (χ4v) is 3.14. The van der Waals surface area contributed by atoms with Crippen LogP contribution >= 0.6 is 0 Å². The van der Waals surface area contributed by atoms with Crippen molar-refractivity contribution in [3.63, 3.8) is 0 Å². The number of ether oxygens (including phenoxy) is 4. The van der Waals surface area contributed by atoms with Crippen molar-refractivity contribution in [3.8, 4) is 17.2 Å². The van der Waals surface area contributed by atoms with Crippen molar-refractivity contribution in [2.45, 2.75) is 32.4 Å². The molecule has 1 aliphatic heterocycles. The molecule has 1 saturated heterocycles. The number of amides is 1. The van der Waals surface area contributed by atoms with Crippen molar-refractivity contribution in [2.24, 2.45) is 0 Å². The second kappa shape index (κ2) is 9.86. The number of carbonyl (C=O) groups is 2. The van der Waals surface area contributed by atoms with E-state index in [9.17, 15) is 14.7 Å². The fourth-order valence-electron chi connectivity index (χ4n) is 3.14. The van der Waals surface area contributed by atoms with Crippen LogP contribution < -0.4 is 19.6 Å². The summed E-state index contributed by atoms with van der Waals surface area (Å²) in [5.74, 6) is -0.0345. The molecule has 0 saturated carbocycles. The van der Waals surface area contributed by atoms with Gasteiger partial charge in [-0.1, -0.05) is 0 Å². The van der Waals surface area contributed by atoms with E-state index < -0.39 is 17.6 Å². The number of methoxy groups -OCH3 is 3. The molecule has 10 heteroatoms. The number of nitrogens with zero attached hydrogens (tertiary/aromatic N) is 2. The largest absolute Gasteiger partial charge is 0.493 e. The lowest BCUT2D eigenvalue weighted by Gasteiger charge is -2.37. The monoisotopic (exact) mass is 425 g/mol. The SMILES string of the molecule is COc1ccc(C(NN2CCN(C(=O)OC(C)(C)C)CC2)C(=O)O)c(OC)c1OC. The summed E-state index contributed by atoms with van der Waals surface area (Å²) in [7, 11) is 4.40. The van der Waals surface area contributed by atoms with Crippen LogP contribution in [0.4, 0.5) is 4.79 Å². The Hall–Kier alpha value is -2.72. The minimum Gasteiger partial charge on any atom is -0.493 e. The number of carboxylic acids is 1. The van der Waals surface area contributed by atoms with Crippen molar-refractivity contribution >= 4 is 12.1 Å². The summed E-state index contributed by atoms with van der Waals surface area (Å²) < 4.78 is 21.4. The number of hydrazine groups is 1. The maximum absolute atomic E-state index is 12.2. The van der Waals surface area contributed by atoms with E-state index in [0.29, 0.717) is 43.2 Å². The van der Waals surface area contributed by atoms with Crippen molar-refractivity contribution < 1.29 is 33.6 Å². The molecule has 0 aliphatic carbocycles. The van der Waals surface area contributed by atoms with Gasteiger partial charge in [0.25, 0.3) is 0 Å². The van der Waals surface area contributed by atoms with Gasteiger partial charge in [0.1, 0.15) is 11.6 Å². The molecule has 10 nitrogen and oxygen atoms in total. The number of piperazine rings is 1. The highest BCUT2D eigenvalue weighted by molar-refractivity contribution is 5.78. The van der Waals surface area contributed by atoms with Crippen molar-refractivity contribution in [2.75, 3.05) is 47.5 Å². The van der Waals surface area contributed by atoms with Crippen molar-refractivity contribution in [3.05, 3.63) is 17.7 Å². The van der Waals surface area contributed by atoms with Crippen molar-refractivity contribution in [1.82, 2.24) is 15.3 Å². The molecule has 2 N–H and O–H groups in total. The van der Waals surface area contributed by atoms with Crippen LogP contribution in [0.3, 0.4) is 0 Å². The Balaban J connectivity index is 2.13. The average molecular weight is 425 g/mol. The molecule has 1 heterocycles. The van der Waals surface area contributed by atoms with Crippen LogP contribution in [0, 0.1) is 0 Å². The lowest BCUT2D eigenvalue weighted by atomic mass is 10.0. The van der Waals surface area contributed by atoms with Crippen LogP contribution in [0.15, 0.2) is 12.1 Å². The summed E-state index contributed by atoms with van der Waals surface area (Å²) in [5.41, 5.74) is 2.86. The van der Waals surface area contributed by atoms with E-state index in [0.717, 1.165) is 0 Å². The van der Waals surface area contributed by atoms with Crippen LogP contribution in [-0.2, 0) is 9.53 Å². The third-order valence-electron chi connectivity index (χ3n) is 4.54. The Bertz CT molecular complexity index is 756. The third-order valence-corrected chi connectivity index (χ3v) is 4.54. The Labute approximate surface area is 176 Å². The van der Waals surface area contributed by atoms with Gasteiger partial charge in [-0.3, -0.25) is 4.79 Å². The number of carboxylic acid groups (broad SMARTS) is 1. The molecular weight excluding hydrogens is 394 g/mol. The van der Waals surface area contributed by atoms with Crippen LogP contribution in [-0.4, -0.2) is 80.2 Å². The minimum atomic E-state index is -1.08. The summed E-state index contributed by atoms with van der Waals surface area (Å²) in [5, 5.41) is 11.6. The molecule has 1 atom stereocenters. The van der Waals surface area contributed by atoms with Gasteiger partial charge in [-0.15, -0.1) is 0 Å². The van der Waals surface area contributed by atoms with E-state index in [2.05, 4.69) is 5.43 Å². The first-order chi connectivity index (χ1) is 14.1. The van der Waals surface area contributed by atoms with Crippen molar-refractivity contribution in [1.29, 1.82) is 0 Å². The van der Waals surface area contributed by atoms with Gasteiger partial charge in [-0.05, 0) is 32.9 Å². The number of nitrogens with one attached hydrogen (secondary N) is 1. The fraction of sp³-hybridized carbons (Fsp3) is 0.600. The van der Waals surface area contributed by atoms with Gasteiger partial charge in [-0.2, -0.15) is 0 Å². The molecular formula is C20H31N3O7. The summed E-state index contributed by atoms with van der Waals surface area (Å²) in [6.07, 6.45) is -0.376. The Kier molecular flexibility index (Phi) is 7.74. The smallest absolute Gasteiger partial charge is 0.410 e. The van der Waals surface area contributed by atoms with Gasteiger partial charge >= 0.3 is 12.1 Å². The third kappa shape index (κ3) is 5.67. The van der Waals surface area contributed by atoms with Gasteiger partial charge < -0.3 is 29.0 Å². The first-order valence-electron chi connectivity index (χ1n) is 9.62. The lowest BCUT2D eigenvalue weighted by Crippen LogP contribution is -2.55. The van der Waals surface area contributed by atoms with E-state index in [4.69, 9.17) is 18.9 Å². The predicted molar refractivity (Wildman–Crippen MR) is 109 cm³/mol. The summed E-state index contributed by atoms with van der Waals surface area (Å²) >= 11 is 0. The van der Waals surface area contributed by atoms with Crippen LogP contribution in [0.2, 0.25) is 0 Å². The summed E-state index contributed by atoms with van der Waals surface area (Å²) in [6, 6.07) is 2.19. The zero-order valence-corrected chi connectivity index (χ0v) is 18.4. The number of hydrogen-bond donors (Lipinski definition) is 2. The number of rotatable bonds is 7. The number of aliphatic carboxylic acids is 1. The molecule has 1 aliphatic rings. The van der Waals surface area contributed by atoms with Gasteiger partial charge in [0.05, 0.1) is 21.3 Å². The second-order valence-electron chi connectivity index (χ2n) is 7.78.